The highest BCUT2D eigenvalue weighted by molar-refractivity contribution is 6.08. The molecule has 266 valence electrons. The molecule has 6 rings (SSSR count). The largest absolute Gasteiger partial charge is 0.497 e. The molecular formula is C40H40N6O6. The van der Waals surface area contributed by atoms with Crippen LogP contribution >= 0.6 is 0 Å². The first-order valence-corrected chi connectivity index (χ1v) is 16.7. The molecule has 3 atom stereocenters. The van der Waals surface area contributed by atoms with E-state index in [1.54, 1.807) is 76.8 Å². The van der Waals surface area contributed by atoms with E-state index in [0.717, 1.165) is 11.1 Å². The predicted molar refractivity (Wildman–Crippen MR) is 197 cm³/mol. The van der Waals surface area contributed by atoms with Crippen molar-refractivity contribution in [1.29, 1.82) is 0 Å². The molecule has 52 heavy (non-hydrogen) atoms. The number of amides is 4. The Morgan fingerprint density at radius 3 is 1.92 bits per heavy atom. The lowest BCUT2D eigenvalue weighted by atomic mass is 10.0. The maximum absolute atomic E-state index is 14.1. The minimum atomic E-state index is -1.24. The highest BCUT2D eigenvalue weighted by atomic mass is 16.5. The molecule has 1 aliphatic rings. The summed E-state index contributed by atoms with van der Waals surface area (Å²) >= 11 is 0. The molecule has 3 N–H and O–H groups in total. The monoisotopic (exact) mass is 700 g/mol. The summed E-state index contributed by atoms with van der Waals surface area (Å²) in [6.45, 7) is 0. The maximum atomic E-state index is 14.1. The summed E-state index contributed by atoms with van der Waals surface area (Å²) in [5.74, 6) is -0.864. The second-order valence-corrected chi connectivity index (χ2v) is 12.6. The lowest BCUT2D eigenvalue weighted by molar-refractivity contribution is -0.121. The van der Waals surface area contributed by atoms with E-state index in [-0.39, 0.29) is 35.5 Å². The number of nitrogens with one attached hydrogen (secondary N) is 3. The molecule has 5 aromatic rings. The van der Waals surface area contributed by atoms with Gasteiger partial charge in [-0.05, 0) is 66.1 Å². The Bertz CT molecular complexity index is 2030. The van der Waals surface area contributed by atoms with Gasteiger partial charge in [-0.2, -0.15) is 5.10 Å². The molecular weight excluding hydrogens is 660 g/mol. The third kappa shape index (κ3) is 7.51. The van der Waals surface area contributed by atoms with Crippen molar-refractivity contribution in [2.75, 3.05) is 38.1 Å². The van der Waals surface area contributed by atoms with E-state index in [0.29, 0.717) is 29.3 Å². The standard InChI is InChI=1S/C40H40N6O6/c1-45(28-15-19-30(51-3)20-16-28)38(49)35(23-26-11-7-5-8-12-26)41-36(47)33-24-34(44-43-33)37(48)42-40(25-32(40)27-13-9-6-10-14-27)39(50)46(2)29-17-21-31(52-4)22-18-29/h5-22,24,32,35H,23,25H2,1-4H3,(H,41,47)(H,42,48)(H,43,44)/t32-,35+,40-/m1/s1. The van der Waals surface area contributed by atoms with Crippen LogP contribution in [0.4, 0.5) is 11.4 Å². The van der Waals surface area contributed by atoms with E-state index in [1.165, 1.54) is 15.9 Å². The third-order valence-electron chi connectivity index (χ3n) is 9.38. The van der Waals surface area contributed by atoms with E-state index in [4.69, 9.17) is 9.47 Å². The molecule has 12 heteroatoms. The zero-order valence-corrected chi connectivity index (χ0v) is 29.3. The predicted octanol–water partition coefficient (Wildman–Crippen LogP) is 4.75. The maximum Gasteiger partial charge on any atom is 0.272 e. The Morgan fingerprint density at radius 2 is 1.35 bits per heavy atom. The van der Waals surface area contributed by atoms with Gasteiger partial charge >= 0.3 is 0 Å². The van der Waals surface area contributed by atoms with Crippen molar-refractivity contribution in [3.63, 3.8) is 0 Å². The normalized spacial score (nSPS) is 16.6. The topological polar surface area (TPSA) is 146 Å². The van der Waals surface area contributed by atoms with E-state index in [2.05, 4.69) is 20.8 Å². The molecule has 1 saturated carbocycles. The summed E-state index contributed by atoms with van der Waals surface area (Å²) in [5.41, 5.74) is 1.67. The number of nitrogens with zero attached hydrogens (tertiary/aromatic N) is 3. The van der Waals surface area contributed by atoms with Crippen LogP contribution in [0.25, 0.3) is 0 Å². The number of hydrogen-bond donors (Lipinski definition) is 3. The van der Waals surface area contributed by atoms with Crippen molar-refractivity contribution < 1.29 is 28.7 Å². The smallest absolute Gasteiger partial charge is 0.272 e. The average molecular weight is 701 g/mol. The highest BCUT2D eigenvalue weighted by Gasteiger charge is 2.63. The molecule has 4 amide bonds. The van der Waals surface area contributed by atoms with Crippen LogP contribution in [0.1, 0.15) is 44.4 Å². The number of likely N-dealkylation sites (N-methyl/N-ethyl adjacent to an activating group) is 2. The molecule has 4 aromatic carbocycles. The Morgan fingerprint density at radius 1 is 0.788 bits per heavy atom. The molecule has 1 heterocycles. The van der Waals surface area contributed by atoms with Crippen LogP contribution in [0.2, 0.25) is 0 Å². The van der Waals surface area contributed by atoms with Crippen LogP contribution < -0.4 is 29.9 Å². The van der Waals surface area contributed by atoms with Gasteiger partial charge in [0.2, 0.25) is 5.91 Å². The molecule has 0 bridgehead atoms. The first-order valence-electron chi connectivity index (χ1n) is 16.7. The Labute approximate surface area is 301 Å². The summed E-state index contributed by atoms with van der Waals surface area (Å²) in [6, 6.07) is 33.3. The molecule has 1 fully saturated rings. The SMILES string of the molecule is COc1ccc(N(C)C(=O)[C@H](Cc2ccccc2)NC(=O)c2cc(C(=O)N[C@]3(C(=O)N(C)c4ccc(OC)cc4)C[C@@H]3c3ccccc3)n[nH]2)cc1. The number of anilines is 2. The van der Waals surface area contributed by atoms with Crippen molar-refractivity contribution in [3.8, 4) is 11.5 Å². The van der Waals surface area contributed by atoms with Crippen molar-refractivity contribution in [2.45, 2.75) is 30.3 Å². The van der Waals surface area contributed by atoms with Crippen LogP contribution in [0.5, 0.6) is 11.5 Å². The van der Waals surface area contributed by atoms with Crippen LogP contribution in [0.15, 0.2) is 115 Å². The number of benzene rings is 4. The quantitative estimate of drug-likeness (QED) is 0.161. The minimum absolute atomic E-state index is 0.0192. The molecule has 0 saturated heterocycles. The molecule has 12 nitrogen and oxygen atoms in total. The molecule has 0 radical (unpaired) electrons. The van der Waals surface area contributed by atoms with Crippen molar-refractivity contribution in [1.82, 2.24) is 20.8 Å². The zero-order chi connectivity index (χ0) is 36.8. The van der Waals surface area contributed by atoms with Gasteiger partial charge in [0, 0.05) is 43.9 Å². The molecule has 1 aromatic heterocycles. The summed E-state index contributed by atoms with van der Waals surface area (Å²) < 4.78 is 10.5. The van der Waals surface area contributed by atoms with E-state index < -0.39 is 23.4 Å². The number of aromatic amines is 1. The van der Waals surface area contributed by atoms with Gasteiger partial charge in [0.1, 0.15) is 28.8 Å². The zero-order valence-electron chi connectivity index (χ0n) is 29.3. The van der Waals surface area contributed by atoms with Gasteiger partial charge in [-0.15, -0.1) is 0 Å². The van der Waals surface area contributed by atoms with Gasteiger partial charge in [0.05, 0.1) is 14.2 Å². The number of ether oxygens (including phenoxy) is 2. The summed E-state index contributed by atoms with van der Waals surface area (Å²) in [7, 11) is 6.43. The number of carbonyl (C=O) groups is 4. The second-order valence-electron chi connectivity index (χ2n) is 12.6. The Balaban J connectivity index is 1.20. The highest BCUT2D eigenvalue weighted by Crippen LogP contribution is 2.53. The fraction of sp³-hybridized carbons (Fsp3) is 0.225. The number of carbonyl (C=O) groups excluding carboxylic acids is 4. The molecule has 1 aliphatic carbocycles. The number of H-pyrrole nitrogens is 1. The number of rotatable bonds is 13. The third-order valence-corrected chi connectivity index (χ3v) is 9.38. The fourth-order valence-electron chi connectivity index (χ4n) is 6.27. The Hall–Kier alpha value is -6.43. The Kier molecular flexibility index (Phi) is 10.4. The fourth-order valence-corrected chi connectivity index (χ4v) is 6.27. The number of methoxy groups -OCH3 is 2. The van der Waals surface area contributed by atoms with Crippen molar-refractivity contribution in [2.24, 2.45) is 0 Å². The van der Waals surface area contributed by atoms with Crippen molar-refractivity contribution >= 4 is 35.0 Å². The van der Waals surface area contributed by atoms with Crippen LogP contribution in [-0.2, 0) is 16.0 Å². The van der Waals surface area contributed by atoms with Gasteiger partial charge in [-0.1, -0.05) is 60.7 Å². The van der Waals surface area contributed by atoms with E-state index >= 15 is 0 Å². The van der Waals surface area contributed by atoms with Gasteiger partial charge in [-0.3, -0.25) is 24.3 Å². The van der Waals surface area contributed by atoms with Gasteiger partial charge in [-0.25, -0.2) is 0 Å². The van der Waals surface area contributed by atoms with Gasteiger partial charge < -0.3 is 29.9 Å². The van der Waals surface area contributed by atoms with Gasteiger partial charge in [0.25, 0.3) is 17.7 Å². The number of hydrogen-bond acceptors (Lipinski definition) is 7. The second kappa shape index (κ2) is 15.2. The van der Waals surface area contributed by atoms with Crippen LogP contribution in [0, 0.1) is 0 Å². The summed E-state index contributed by atoms with van der Waals surface area (Å²) in [6.07, 6.45) is 0.603. The summed E-state index contributed by atoms with van der Waals surface area (Å²) in [5, 5.41) is 12.5. The first kappa shape index (κ1) is 35.4. The van der Waals surface area contributed by atoms with Crippen molar-refractivity contribution in [3.05, 3.63) is 138 Å². The molecule has 0 spiro atoms. The minimum Gasteiger partial charge on any atom is -0.497 e. The van der Waals surface area contributed by atoms with E-state index in [1.807, 2.05) is 60.7 Å². The van der Waals surface area contributed by atoms with E-state index in [9.17, 15) is 19.2 Å². The van der Waals surface area contributed by atoms with Crippen LogP contribution in [0.3, 0.4) is 0 Å². The molecule has 0 unspecified atom stereocenters. The number of aromatic nitrogens is 2. The first-order chi connectivity index (χ1) is 25.1. The van der Waals surface area contributed by atoms with Gasteiger partial charge in [0.15, 0.2) is 5.69 Å². The lowest BCUT2D eigenvalue weighted by Crippen LogP contribution is -2.51. The summed E-state index contributed by atoms with van der Waals surface area (Å²) in [4.78, 5) is 58.2. The average Bonchev–Trinajstić information content (AvgIpc) is 3.69. The molecule has 0 aliphatic heterocycles. The lowest BCUT2D eigenvalue weighted by Gasteiger charge is -2.26. The van der Waals surface area contributed by atoms with Crippen LogP contribution in [-0.4, -0.2) is 73.7 Å².